The number of pyridine rings is 1. The molecule has 0 aromatic carbocycles. The number of nitrogens with one attached hydrogen (secondary N) is 1. The second kappa shape index (κ2) is 4.70. The van der Waals surface area contributed by atoms with Crippen LogP contribution in [0.4, 0.5) is 5.82 Å². The summed E-state index contributed by atoms with van der Waals surface area (Å²) in [5.74, 6) is 0.672. The Hall–Kier alpha value is -1.29. The first-order chi connectivity index (χ1) is 7.66. The lowest BCUT2D eigenvalue weighted by Crippen LogP contribution is -2.32. The molecule has 2 rings (SSSR count). The van der Waals surface area contributed by atoms with E-state index in [1.807, 2.05) is 0 Å². The summed E-state index contributed by atoms with van der Waals surface area (Å²) in [7, 11) is 0. The van der Waals surface area contributed by atoms with E-state index in [4.69, 9.17) is 17.3 Å². The Labute approximate surface area is 99.2 Å². The van der Waals surface area contributed by atoms with Crippen LogP contribution in [-0.4, -0.2) is 17.4 Å². The van der Waals surface area contributed by atoms with Gasteiger partial charge in [-0.3, -0.25) is 4.79 Å². The summed E-state index contributed by atoms with van der Waals surface area (Å²) in [6, 6.07) is 3.16. The molecule has 4 nitrogen and oxygen atoms in total. The van der Waals surface area contributed by atoms with E-state index >= 15 is 0 Å². The number of rotatable bonds is 3. The number of carbonyl (C=O) groups is 1. The number of anilines is 1. The van der Waals surface area contributed by atoms with Crippen LogP contribution >= 0.6 is 11.6 Å². The van der Waals surface area contributed by atoms with E-state index in [1.54, 1.807) is 12.1 Å². The zero-order chi connectivity index (χ0) is 11.5. The molecule has 1 aliphatic carbocycles. The summed E-state index contributed by atoms with van der Waals surface area (Å²) in [4.78, 5) is 15.7. The third-order valence-corrected chi connectivity index (χ3v) is 3.16. The molecule has 16 heavy (non-hydrogen) atoms. The predicted octanol–water partition coefficient (Wildman–Crippen LogP) is 1.85. The number of nitrogens with two attached hydrogens (primary N) is 1. The topological polar surface area (TPSA) is 68.0 Å². The maximum absolute atomic E-state index is 11.7. The zero-order valence-electron chi connectivity index (χ0n) is 8.87. The Morgan fingerprint density at radius 2 is 2.31 bits per heavy atom. The summed E-state index contributed by atoms with van der Waals surface area (Å²) in [6.45, 7) is 0.700. The highest BCUT2D eigenvalue weighted by molar-refractivity contribution is 6.33. The number of amides is 1. The Morgan fingerprint density at radius 1 is 1.56 bits per heavy atom. The Balaban J connectivity index is 1.99. The highest BCUT2D eigenvalue weighted by Gasteiger charge is 2.19. The average Bonchev–Trinajstić information content (AvgIpc) is 2.19. The molecule has 1 aromatic heterocycles. The largest absolute Gasteiger partial charge is 0.384 e. The number of hydrogen-bond acceptors (Lipinski definition) is 3. The molecule has 86 valence electrons. The molecule has 1 fully saturated rings. The van der Waals surface area contributed by atoms with Crippen LogP contribution in [0.5, 0.6) is 0 Å². The molecule has 5 heteroatoms. The zero-order valence-corrected chi connectivity index (χ0v) is 9.63. The fraction of sp³-hybridized carbons (Fsp3) is 0.455. The molecule has 0 saturated heterocycles. The Kier molecular flexibility index (Phi) is 3.29. The van der Waals surface area contributed by atoms with Gasteiger partial charge in [0.15, 0.2) is 0 Å². The van der Waals surface area contributed by atoms with Crippen LogP contribution in [0.2, 0.25) is 5.02 Å². The quantitative estimate of drug-likeness (QED) is 0.846. The lowest BCUT2D eigenvalue weighted by atomic mass is 9.85. The lowest BCUT2D eigenvalue weighted by Gasteiger charge is -2.25. The van der Waals surface area contributed by atoms with Crippen molar-refractivity contribution in [2.24, 2.45) is 5.92 Å². The summed E-state index contributed by atoms with van der Waals surface area (Å²) < 4.78 is 0. The molecular weight excluding hydrogens is 226 g/mol. The maximum Gasteiger partial charge on any atom is 0.271 e. The summed E-state index contributed by atoms with van der Waals surface area (Å²) in [6.07, 6.45) is 3.65. The van der Waals surface area contributed by atoms with Crippen LogP contribution in [0.1, 0.15) is 29.8 Å². The van der Waals surface area contributed by atoms with Crippen molar-refractivity contribution in [3.63, 3.8) is 0 Å². The smallest absolute Gasteiger partial charge is 0.271 e. The van der Waals surface area contributed by atoms with Gasteiger partial charge in [0.1, 0.15) is 11.5 Å². The molecule has 1 heterocycles. The van der Waals surface area contributed by atoms with Gasteiger partial charge < -0.3 is 11.1 Å². The van der Waals surface area contributed by atoms with Crippen molar-refractivity contribution in [3.05, 3.63) is 22.8 Å². The molecule has 0 atom stereocenters. The van der Waals surface area contributed by atoms with Crippen molar-refractivity contribution in [2.75, 3.05) is 12.3 Å². The van der Waals surface area contributed by atoms with Gasteiger partial charge in [-0.15, -0.1) is 0 Å². The third-order valence-electron chi connectivity index (χ3n) is 2.86. The molecule has 1 saturated carbocycles. The van der Waals surface area contributed by atoms with E-state index in [1.165, 1.54) is 19.3 Å². The van der Waals surface area contributed by atoms with Gasteiger partial charge >= 0.3 is 0 Å². The van der Waals surface area contributed by atoms with Gasteiger partial charge in [0.2, 0.25) is 0 Å². The first-order valence-corrected chi connectivity index (χ1v) is 5.75. The van der Waals surface area contributed by atoms with Gasteiger partial charge in [-0.1, -0.05) is 18.0 Å². The highest BCUT2D eigenvalue weighted by atomic mass is 35.5. The van der Waals surface area contributed by atoms with Crippen LogP contribution in [0.3, 0.4) is 0 Å². The average molecular weight is 240 g/mol. The van der Waals surface area contributed by atoms with Crippen molar-refractivity contribution < 1.29 is 4.79 Å². The van der Waals surface area contributed by atoms with E-state index in [0.29, 0.717) is 23.3 Å². The first kappa shape index (κ1) is 11.2. The fourth-order valence-corrected chi connectivity index (χ4v) is 1.83. The third kappa shape index (κ3) is 2.44. The van der Waals surface area contributed by atoms with Gasteiger partial charge in [0.25, 0.3) is 5.91 Å². The van der Waals surface area contributed by atoms with E-state index < -0.39 is 0 Å². The van der Waals surface area contributed by atoms with Crippen molar-refractivity contribution in [1.29, 1.82) is 0 Å². The van der Waals surface area contributed by atoms with Gasteiger partial charge in [-0.2, -0.15) is 0 Å². The summed E-state index contributed by atoms with van der Waals surface area (Å²) in [5.41, 5.74) is 5.72. The van der Waals surface area contributed by atoms with Crippen LogP contribution in [0.25, 0.3) is 0 Å². The molecule has 0 bridgehead atoms. The number of hydrogen-bond donors (Lipinski definition) is 2. The molecule has 1 aromatic rings. The van der Waals surface area contributed by atoms with Crippen LogP contribution in [0, 0.1) is 5.92 Å². The second-order valence-electron chi connectivity index (χ2n) is 4.07. The molecule has 1 amide bonds. The number of aromatic nitrogens is 1. The molecule has 3 N–H and O–H groups in total. The van der Waals surface area contributed by atoms with E-state index in [2.05, 4.69) is 10.3 Å². The SMILES string of the molecule is Nc1ccc(Cl)c(C(=O)NCC2CCC2)n1. The summed E-state index contributed by atoms with van der Waals surface area (Å²) >= 11 is 5.88. The molecule has 0 aliphatic heterocycles. The monoisotopic (exact) mass is 239 g/mol. The van der Waals surface area contributed by atoms with Crippen molar-refractivity contribution >= 4 is 23.3 Å². The Bertz CT molecular complexity index is 404. The fourth-order valence-electron chi connectivity index (χ4n) is 1.63. The minimum atomic E-state index is -0.246. The predicted molar refractivity (Wildman–Crippen MR) is 63.3 cm³/mol. The number of nitrogens with zero attached hydrogens (tertiary/aromatic N) is 1. The maximum atomic E-state index is 11.7. The van der Waals surface area contributed by atoms with Crippen LogP contribution in [0.15, 0.2) is 12.1 Å². The Morgan fingerprint density at radius 3 is 2.94 bits per heavy atom. The van der Waals surface area contributed by atoms with E-state index in [-0.39, 0.29) is 11.6 Å². The molecule has 1 aliphatic rings. The molecular formula is C11H14ClN3O. The van der Waals surface area contributed by atoms with Gasteiger partial charge in [-0.05, 0) is 30.9 Å². The second-order valence-corrected chi connectivity index (χ2v) is 4.48. The minimum absolute atomic E-state index is 0.209. The van der Waals surface area contributed by atoms with E-state index in [9.17, 15) is 4.79 Å². The van der Waals surface area contributed by atoms with Crippen molar-refractivity contribution in [1.82, 2.24) is 10.3 Å². The van der Waals surface area contributed by atoms with Crippen molar-refractivity contribution in [2.45, 2.75) is 19.3 Å². The molecule has 0 unspecified atom stereocenters. The van der Waals surface area contributed by atoms with Crippen molar-refractivity contribution in [3.8, 4) is 0 Å². The van der Waals surface area contributed by atoms with Gasteiger partial charge in [0.05, 0.1) is 5.02 Å². The highest BCUT2D eigenvalue weighted by Crippen LogP contribution is 2.25. The molecule has 0 spiro atoms. The number of carbonyl (C=O) groups excluding carboxylic acids is 1. The lowest BCUT2D eigenvalue weighted by molar-refractivity contribution is 0.0934. The van der Waals surface area contributed by atoms with Crippen LogP contribution < -0.4 is 11.1 Å². The summed E-state index contributed by atoms with van der Waals surface area (Å²) in [5, 5.41) is 3.16. The standard InChI is InChI=1S/C11H14ClN3O/c12-8-4-5-9(13)15-10(8)11(16)14-6-7-2-1-3-7/h4-5,7H,1-3,6H2,(H2,13,15)(H,14,16). The van der Waals surface area contributed by atoms with Gasteiger partial charge in [0, 0.05) is 6.54 Å². The van der Waals surface area contributed by atoms with Gasteiger partial charge in [-0.25, -0.2) is 4.98 Å². The first-order valence-electron chi connectivity index (χ1n) is 5.37. The van der Waals surface area contributed by atoms with E-state index in [0.717, 1.165) is 0 Å². The molecule has 0 radical (unpaired) electrons. The normalized spacial score (nSPS) is 15.6. The minimum Gasteiger partial charge on any atom is -0.384 e. The van der Waals surface area contributed by atoms with Crippen LogP contribution in [-0.2, 0) is 0 Å². The number of nitrogen functional groups attached to an aromatic ring is 1. The number of halogens is 1.